The summed E-state index contributed by atoms with van der Waals surface area (Å²) in [6.45, 7) is 2.92. The number of hydrogen-bond acceptors (Lipinski definition) is 9. The molecule has 0 saturated carbocycles. The van der Waals surface area contributed by atoms with E-state index < -0.39 is 0 Å². The van der Waals surface area contributed by atoms with Crippen LogP contribution < -0.4 is 15.1 Å². The zero-order chi connectivity index (χ0) is 20.2. The van der Waals surface area contributed by atoms with Crippen LogP contribution in [0, 0.1) is 0 Å². The van der Waals surface area contributed by atoms with Crippen LogP contribution >= 0.6 is 0 Å². The van der Waals surface area contributed by atoms with Gasteiger partial charge in [-0.05, 0) is 18.2 Å². The van der Waals surface area contributed by atoms with E-state index in [4.69, 9.17) is 4.74 Å². The largest absolute Gasteiger partial charge is 0.378 e. The Hall–Kier alpha value is -3.40. The third-order valence-electron chi connectivity index (χ3n) is 4.49. The Balaban J connectivity index is 1.51. The van der Waals surface area contributed by atoms with Crippen molar-refractivity contribution < 1.29 is 9.53 Å². The molecule has 10 nitrogen and oxygen atoms in total. The predicted octanol–water partition coefficient (Wildman–Crippen LogP) is 0.647. The number of carbonyl (C=O) groups is 1. The number of carbonyl (C=O) groups excluding carboxylic acids is 1. The summed E-state index contributed by atoms with van der Waals surface area (Å²) in [5, 5.41) is 2.87. The minimum Gasteiger partial charge on any atom is -0.378 e. The number of amides is 1. The first kappa shape index (κ1) is 18.9. The quantitative estimate of drug-likeness (QED) is 0.667. The van der Waals surface area contributed by atoms with Crippen molar-refractivity contribution in [1.82, 2.24) is 30.2 Å². The minimum absolute atomic E-state index is 0.192. The number of nitrogens with one attached hydrogen (secondary N) is 1. The average molecular weight is 394 g/mol. The van der Waals surface area contributed by atoms with Crippen LogP contribution in [0.4, 0.5) is 11.9 Å². The molecule has 1 amide bonds. The highest BCUT2D eigenvalue weighted by Gasteiger charge is 2.17. The Labute approximate surface area is 168 Å². The zero-order valence-electron chi connectivity index (χ0n) is 16.4. The Morgan fingerprint density at radius 2 is 1.86 bits per heavy atom. The lowest BCUT2D eigenvalue weighted by atomic mass is 10.2. The van der Waals surface area contributed by atoms with Crippen LogP contribution in [0.3, 0.4) is 0 Å². The lowest BCUT2D eigenvalue weighted by Crippen LogP contribution is -2.38. The van der Waals surface area contributed by atoms with Crippen molar-refractivity contribution >= 4 is 28.8 Å². The van der Waals surface area contributed by atoms with Crippen molar-refractivity contribution in [2.45, 2.75) is 6.54 Å². The predicted molar refractivity (Wildman–Crippen MR) is 108 cm³/mol. The lowest BCUT2D eigenvalue weighted by molar-refractivity contribution is 0.0950. The smallest absolute Gasteiger partial charge is 0.251 e. The molecule has 10 heteroatoms. The maximum absolute atomic E-state index is 12.6. The number of hydrogen-bond donors (Lipinski definition) is 1. The summed E-state index contributed by atoms with van der Waals surface area (Å²) >= 11 is 0. The molecule has 1 aliphatic rings. The van der Waals surface area contributed by atoms with Crippen LogP contribution in [0.25, 0.3) is 11.0 Å². The highest BCUT2D eigenvalue weighted by Crippen LogP contribution is 2.15. The molecule has 1 saturated heterocycles. The van der Waals surface area contributed by atoms with E-state index in [0.29, 0.717) is 42.0 Å². The normalized spacial score (nSPS) is 14.1. The lowest BCUT2D eigenvalue weighted by Gasteiger charge is -2.27. The van der Waals surface area contributed by atoms with Crippen molar-refractivity contribution in [3.05, 3.63) is 42.0 Å². The Kier molecular flexibility index (Phi) is 5.43. The summed E-state index contributed by atoms with van der Waals surface area (Å²) in [5.41, 5.74) is 1.92. The van der Waals surface area contributed by atoms with E-state index in [2.05, 4.69) is 35.1 Å². The molecule has 1 aliphatic heterocycles. The van der Waals surface area contributed by atoms with Crippen molar-refractivity contribution in [3.8, 4) is 0 Å². The molecule has 4 rings (SSSR count). The van der Waals surface area contributed by atoms with Gasteiger partial charge >= 0.3 is 0 Å². The Morgan fingerprint density at radius 3 is 2.62 bits per heavy atom. The van der Waals surface area contributed by atoms with Gasteiger partial charge in [0, 0.05) is 45.1 Å². The van der Waals surface area contributed by atoms with Gasteiger partial charge in [-0.1, -0.05) is 0 Å². The third-order valence-corrected chi connectivity index (χ3v) is 4.49. The molecular weight excluding hydrogens is 372 g/mol. The van der Waals surface area contributed by atoms with Crippen LogP contribution in [0.2, 0.25) is 0 Å². The van der Waals surface area contributed by atoms with Crippen LogP contribution in [-0.2, 0) is 11.3 Å². The van der Waals surface area contributed by atoms with Crippen LogP contribution in [0.1, 0.15) is 16.2 Å². The number of nitrogens with zero attached hydrogens (tertiary/aromatic N) is 7. The second-order valence-electron chi connectivity index (χ2n) is 6.79. The van der Waals surface area contributed by atoms with Crippen LogP contribution in [0.15, 0.2) is 30.6 Å². The number of aromatic nitrogens is 5. The van der Waals surface area contributed by atoms with Gasteiger partial charge in [-0.3, -0.25) is 14.8 Å². The molecule has 0 radical (unpaired) electrons. The number of rotatable bonds is 5. The van der Waals surface area contributed by atoms with Gasteiger partial charge in [-0.2, -0.15) is 15.0 Å². The van der Waals surface area contributed by atoms with E-state index in [0.717, 1.165) is 18.6 Å². The first-order chi connectivity index (χ1) is 14.1. The standard InChI is InChI=1S/C19H22N8O2/c1-26(2)18-23-16(24-19(25-18)27-7-9-29-10-8-27)12-22-17(28)13-3-4-14-15(11-13)21-6-5-20-14/h3-6,11H,7-10,12H2,1-2H3,(H,22,28). The van der Waals surface area contributed by atoms with Gasteiger partial charge in [0.25, 0.3) is 5.91 Å². The minimum atomic E-state index is -0.225. The first-order valence-corrected chi connectivity index (χ1v) is 9.34. The highest BCUT2D eigenvalue weighted by molar-refractivity contribution is 5.97. The van der Waals surface area contributed by atoms with E-state index in [1.165, 1.54) is 0 Å². The topological polar surface area (TPSA) is 109 Å². The summed E-state index contributed by atoms with van der Waals surface area (Å²) in [4.78, 5) is 38.4. The van der Waals surface area contributed by atoms with Gasteiger partial charge in [0.2, 0.25) is 11.9 Å². The molecule has 0 aliphatic carbocycles. The van der Waals surface area contributed by atoms with Gasteiger partial charge in [0.05, 0.1) is 30.8 Å². The van der Waals surface area contributed by atoms with Crippen LogP contribution in [-0.4, -0.2) is 71.2 Å². The average Bonchev–Trinajstić information content (AvgIpc) is 2.77. The van der Waals surface area contributed by atoms with E-state index in [-0.39, 0.29) is 12.5 Å². The second-order valence-corrected chi connectivity index (χ2v) is 6.79. The SMILES string of the molecule is CN(C)c1nc(CNC(=O)c2ccc3nccnc3c2)nc(N2CCOCC2)n1. The van der Waals surface area contributed by atoms with Gasteiger partial charge in [-0.25, -0.2) is 0 Å². The molecule has 1 fully saturated rings. The summed E-state index contributed by atoms with van der Waals surface area (Å²) in [5.74, 6) is 1.42. The summed E-state index contributed by atoms with van der Waals surface area (Å²) in [6, 6.07) is 5.22. The van der Waals surface area contributed by atoms with Gasteiger partial charge in [0.1, 0.15) is 0 Å². The maximum Gasteiger partial charge on any atom is 0.251 e. The monoisotopic (exact) mass is 394 g/mol. The summed E-state index contributed by atoms with van der Waals surface area (Å²) < 4.78 is 5.40. The molecule has 1 N–H and O–H groups in total. The number of anilines is 2. The second kappa shape index (κ2) is 8.31. The third kappa shape index (κ3) is 4.37. The van der Waals surface area contributed by atoms with Gasteiger partial charge in [-0.15, -0.1) is 0 Å². The van der Waals surface area contributed by atoms with E-state index >= 15 is 0 Å². The Morgan fingerprint density at radius 1 is 1.10 bits per heavy atom. The molecule has 150 valence electrons. The van der Waals surface area contributed by atoms with Crippen LogP contribution in [0.5, 0.6) is 0 Å². The molecule has 29 heavy (non-hydrogen) atoms. The first-order valence-electron chi connectivity index (χ1n) is 9.34. The molecule has 2 aromatic heterocycles. The fourth-order valence-corrected chi connectivity index (χ4v) is 2.95. The number of fused-ring (bicyclic) bond motifs is 1. The number of morpholine rings is 1. The van der Waals surface area contributed by atoms with Crippen molar-refractivity contribution in [2.24, 2.45) is 0 Å². The molecule has 3 heterocycles. The van der Waals surface area contributed by atoms with E-state index in [1.54, 1.807) is 30.6 Å². The molecule has 1 aromatic carbocycles. The molecular formula is C19H22N8O2. The fraction of sp³-hybridized carbons (Fsp3) is 0.368. The van der Waals surface area contributed by atoms with E-state index in [9.17, 15) is 4.79 Å². The van der Waals surface area contributed by atoms with Gasteiger partial charge in [0.15, 0.2) is 5.82 Å². The molecule has 0 unspecified atom stereocenters. The Bertz CT molecular complexity index is 1020. The highest BCUT2D eigenvalue weighted by atomic mass is 16.5. The fourth-order valence-electron chi connectivity index (χ4n) is 2.95. The summed E-state index contributed by atoms with van der Waals surface area (Å²) in [6.07, 6.45) is 3.22. The summed E-state index contributed by atoms with van der Waals surface area (Å²) in [7, 11) is 3.74. The molecule has 0 atom stereocenters. The zero-order valence-corrected chi connectivity index (χ0v) is 16.4. The van der Waals surface area contributed by atoms with Gasteiger partial charge < -0.3 is 19.9 Å². The molecule has 0 spiro atoms. The molecule has 3 aromatic rings. The van der Waals surface area contributed by atoms with Crippen molar-refractivity contribution in [3.63, 3.8) is 0 Å². The van der Waals surface area contributed by atoms with Crippen molar-refractivity contribution in [2.75, 3.05) is 50.2 Å². The van der Waals surface area contributed by atoms with Crippen molar-refractivity contribution in [1.29, 1.82) is 0 Å². The van der Waals surface area contributed by atoms with E-state index in [1.807, 2.05) is 19.0 Å². The maximum atomic E-state index is 12.6. The molecule has 0 bridgehead atoms. The number of ether oxygens (including phenoxy) is 1. The number of benzene rings is 1.